The van der Waals surface area contributed by atoms with Crippen LogP contribution in [0.1, 0.15) is 26.3 Å². The summed E-state index contributed by atoms with van der Waals surface area (Å²) in [4.78, 5) is 12.7. The molecule has 0 aliphatic carbocycles. The van der Waals surface area contributed by atoms with E-state index >= 15 is 0 Å². The van der Waals surface area contributed by atoms with Crippen LogP contribution in [0.2, 0.25) is 0 Å². The monoisotopic (exact) mass is 625 g/mol. The van der Waals surface area contributed by atoms with Crippen molar-refractivity contribution >= 4 is 29.4 Å². The molecular formula is C30H34F7N7. The summed E-state index contributed by atoms with van der Waals surface area (Å²) in [7, 11) is 1.57. The van der Waals surface area contributed by atoms with Gasteiger partial charge >= 0.3 is 12.4 Å². The highest BCUT2D eigenvalue weighted by Gasteiger charge is 2.27. The summed E-state index contributed by atoms with van der Waals surface area (Å²) in [6, 6.07) is 10.0. The predicted octanol–water partition coefficient (Wildman–Crippen LogP) is 8.75. The molecule has 0 saturated heterocycles. The molecule has 0 fully saturated rings. The molecule has 14 heteroatoms. The highest BCUT2D eigenvalue weighted by Crippen LogP contribution is 2.32. The number of rotatable bonds is 10. The summed E-state index contributed by atoms with van der Waals surface area (Å²) in [6.45, 7) is 11.6. The van der Waals surface area contributed by atoms with E-state index in [1.54, 1.807) is 25.2 Å². The SMILES string of the molecule is C=CC(=C)Nc1cc(F)cc(Nc2nc(N/C(C=NC)=C/N)ncc2-c2ccc(CC(F)(F)F)cc2)c1.CC.CC(F)(F)F. The zero-order chi connectivity index (χ0) is 33.5. The Morgan fingerprint density at radius 3 is 2.11 bits per heavy atom. The minimum atomic E-state index is -4.32. The Bertz CT molecular complexity index is 1420. The van der Waals surface area contributed by atoms with E-state index in [-0.39, 0.29) is 24.3 Å². The summed E-state index contributed by atoms with van der Waals surface area (Å²) < 4.78 is 83.7. The molecule has 3 rings (SSSR count). The normalized spacial score (nSPS) is 11.5. The Hall–Kier alpha value is -4.88. The molecule has 0 radical (unpaired) electrons. The number of allylic oxidation sites excluding steroid dienone is 2. The Morgan fingerprint density at radius 1 is 1.00 bits per heavy atom. The van der Waals surface area contributed by atoms with Gasteiger partial charge in [-0.3, -0.25) is 4.99 Å². The Labute approximate surface area is 251 Å². The van der Waals surface area contributed by atoms with Crippen LogP contribution in [0.15, 0.2) is 90.5 Å². The van der Waals surface area contributed by atoms with Crippen LogP contribution in [0.4, 0.5) is 53.9 Å². The summed E-state index contributed by atoms with van der Waals surface area (Å²) in [6.07, 6.45) is -3.62. The van der Waals surface area contributed by atoms with Crippen LogP contribution >= 0.6 is 0 Å². The summed E-state index contributed by atoms with van der Waals surface area (Å²) in [5.41, 5.74) is 8.42. The van der Waals surface area contributed by atoms with Crippen molar-refractivity contribution in [2.75, 3.05) is 23.0 Å². The maximum atomic E-state index is 14.4. The van der Waals surface area contributed by atoms with Crippen LogP contribution in [0, 0.1) is 5.82 Å². The fourth-order valence-corrected chi connectivity index (χ4v) is 3.27. The molecule has 3 aromatic rings. The largest absolute Gasteiger partial charge is 0.403 e. The molecule has 0 bridgehead atoms. The second-order valence-electron chi connectivity index (χ2n) is 8.57. The molecule has 0 amide bonds. The predicted molar refractivity (Wildman–Crippen MR) is 163 cm³/mol. The first-order valence-electron chi connectivity index (χ1n) is 13.0. The molecule has 0 saturated carbocycles. The lowest BCUT2D eigenvalue weighted by molar-refractivity contribution is -0.127. The summed E-state index contributed by atoms with van der Waals surface area (Å²) in [5, 5.41) is 8.91. The van der Waals surface area contributed by atoms with Crippen LogP contribution < -0.4 is 21.7 Å². The number of alkyl halides is 6. The van der Waals surface area contributed by atoms with Crippen LogP contribution in [0.25, 0.3) is 11.1 Å². The average Bonchev–Trinajstić information content (AvgIpc) is 2.92. The lowest BCUT2D eigenvalue weighted by Crippen LogP contribution is -2.11. The third-order valence-electron chi connectivity index (χ3n) is 4.87. The van der Waals surface area contributed by atoms with Gasteiger partial charge in [-0.2, -0.15) is 31.3 Å². The molecule has 7 nitrogen and oxygen atoms in total. The first-order valence-corrected chi connectivity index (χ1v) is 13.0. The lowest BCUT2D eigenvalue weighted by Gasteiger charge is -2.15. The number of benzene rings is 2. The van der Waals surface area contributed by atoms with Crippen LogP contribution in [0.5, 0.6) is 0 Å². The molecule has 1 heterocycles. The second kappa shape index (κ2) is 17.3. The topological polar surface area (TPSA) is 100 Å². The Kier molecular flexibility index (Phi) is 14.6. The van der Waals surface area contributed by atoms with Crippen molar-refractivity contribution in [3.8, 4) is 11.1 Å². The van der Waals surface area contributed by atoms with E-state index in [0.717, 1.165) is 0 Å². The fraction of sp³-hybridized carbons (Fsp3) is 0.233. The minimum absolute atomic E-state index is 0.116. The number of nitrogens with one attached hydrogen (secondary N) is 3. The van der Waals surface area contributed by atoms with E-state index in [4.69, 9.17) is 5.73 Å². The fourth-order valence-electron chi connectivity index (χ4n) is 3.27. The van der Waals surface area contributed by atoms with Crippen LogP contribution in [0.3, 0.4) is 0 Å². The van der Waals surface area contributed by atoms with Crippen molar-refractivity contribution in [3.05, 3.63) is 96.9 Å². The van der Waals surface area contributed by atoms with Crippen LogP contribution in [-0.2, 0) is 6.42 Å². The highest BCUT2D eigenvalue weighted by molar-refractivity contribution is 5.83. The number of nitrogens with zero attached hydrogens (tertiary/aromatic N) is 3. The molecule has 0 unspecified atom stereocenters. The molecule has 0 aliphatic heterocycles. The Balaban J connectivity index is 0.00000125. The van der Waals surface area contributed by atoms with Crippen molar-refractivity contribution in [3.63, 3.8) is 0 Å². The van der Waals surface area contributed by atoms with Crippen molar-refractivity contribution in [2.24, 2.45) is 10.7 Å². The summed E-state index contributed by atoms with van der Waals surface area (Å²) >= 11 is 0. The van der Waals surface area contributed by atoms with Gasteiger partial charge in [-0.25, -0.2) is 9.37 Å². The van der Waals surface area contributed by atoms with Gasteiger partial charge in [0, 0.05) is 55.2 Å². The standard InChI is InChI=1S/C26H25F4N7.C2H3F3.C2H6/c1-4-16(2)34-20-9-19(27)10-21(11-20)35-24-23(15-33-25(37-24)36-22(13-31)14-32-3)18-7-5-17(6-8-18)12-26(28,29)30;1-2(3,4)5;1-2/h4-11,13-15,34H,1-2,12,31H2,3H3,(H2,33,35,36,37);1H3;1-2H3/b22-13+,32-14?;;. The van der Waals surface area contributed by atoms with Crippen molar-refractivity contribution in [1.29, 1.82) is 0 Å². The van der Waals surface area contributed by atoms with Gasteiger partial charge in [0.25, 0.3) is 0 Å². The molecular weight excluding hydrogens is 591 g/mol. The second-order valence-corrected chi connectivity index (χ2v) is 8.57. The number of aliphatic imine (C=N–C) groups is 1. The number of hydrogen-bond donors (Lipinski definition) is 4. The van der Waals surface area contributed by atoms with Gasteiger partial charge in [-0.15, -0.1) is 0 Å². The van der Waals surface area contributed by atoms with Crippen molar-refractivity contribution in [1.82, 2.24) is 9.97 Å². The maximum absolute atomic E-state index is 14.4. The first-order chi connectivity index (χ1) is 20.6. The van der Waals surface area contributed by atoms with Gasteiger partial charge in [-0.05, 0) is 35.4 Å². The van der Waals surface area contributed by atoms with Gasteiger partial charge in [0.2, 0.25) is 5.95 Å². The lowest BCUT2D eigenvalue weighted by atomic mass is 10.0. The summed E-state index contributed by atoms with van der Waals surface area (Å²) in [5.74, 6) is -0.0985. The van der Waals surface area contributed by atoms with Gasteiger partial charge < -0.3 is 21.7 Å². The number of nitrogens with two attached hydrogens (primary N) is 1. The molecule has 44 heavy (non-hydrogen) atoms. The third kappa shape index (κ3) is 14.3. The zero-order valence-corrected chi connectivity index (χ0v) is 24.5. The van der Waals surface area contributed by atoms with Crippen molar-refractivity contribution in [2.45, 2.75) is 39.5 Å². The maximum Gasteiger partial charge on any atom is 0.393 e. The molecule has 5 N–H and O–H groups in total. The number of halogens is 7. The van der Waals surface area contributed by atoms with Gasteiger partial charge in [0.05, 0.1) is 12.1 Å². The molecule has 0 atom stereocenters. The van der Waals surface area contributed by atoms with Crippen molar-refractivity contribution < 1.29 is 30.7 Å². The van der Waals surface area contributed by atoms with E-state index in [1.807, 2.05) is 13.8 Å². The van der Waals surface area contributed by atoms with E-state index in [1.165, 1.54) is 49.0 Å². The van der Waals surface area contributed by atoms with Gasteiger partial charge in [0.1, 0.15) is 11.6 Å². The quantitative estimate of drug-likeness (QED) is 0.102. The molecule has 238 valence electrons. The number of anilines is 4. The molecule has 0 spiro atoms. The molecule has 0 aliphatic rings. The highest BCUT2D eigenvalue weighted by atomic mass is 19.4. The van der Waals surface area contributed by atoms with Gasteiger partial charge in [-0.1, -0.05) is 51.3 Å². The Morgan fingerprint density at radius 2 is 1.59 bits per heavy atom. The van der Waals surface area contributed by atoms with Crippen LogP contribution in [-0.4, -0.2) is 35.6 Å². The smallest absolute Gasteiger partial charge is 0.393 e. The number of aromatic nitrogens is 2. The average molecular weight is 626 g/mol. The van der Waals surface area contributed by atoms with Gasteiger partial charge in [0.15, 0.2) is 0 Å². The first kappa shape index (κ1) is 37.1. The van der Waals surface area contributed by atoms with E-state index in [9.17, 15) is 30.7 Å². The van der Waals surface area contributed by atoms with E-state index in [0.29, 0.717) is 33.9 Å². The zero-order valence-electron chi connectivity index (χ0n) is 24.5. The minimum Gasteiger partial charge on any atom is -0.403 e. The third-order valence-corrected chi connectivity index (χ3v) is 4.87. The number of hydrogen-bond acceptors (Lipinski definition) is 7. The van der Waals surface area contributed by atoms with E-state index < -0.39 is 24.6 Å². The molecule has 2 aromatic carbocycles. The molecule has 1 aromatic heterocycles. The van der Waals surface area contributed by atoms with E-state index in [2.05, 4.69) is 44.1 Å².